The summed E-state index contributed by atoms with van der Waals surface area (Å²) in [6.45, 7) is 0. The average molecular weight is 264 g/mol. The van der Waals surface area contributed by atoms with Crippen molar-refractivity contribution in [2.24, 2.45) is 0 Å². The van der Waals surface area contributed by atoms with Crippen molar-refractivity contribution in [3.8, 4) is 0 Å². The Balaban J connectivity index is 2.46. The lowest BCUT2D eigenvalue weighted by Crippen LogP contribution is -2.16. The van der Waals surface area contributed by atoms with Crippen molar-refractivity contribution in [2.45, 2.75) is 0 Å². The molecule has 1 aromatic carbocycles. The Labute approximate surface area is 107 Å². The van der Waals surface area contributed by atoms with Crippen LogP contribution in [0.2, 0.25) is 0 Å². The lowest BCUT2D eigenvalue weighted by atomic mass is 10.2. The van der Waals surface area contributed by atoms with Crippen molar-refractivity contribution in [3.05, 3.63) is 53.7 Å². The van der Waals surface area contributed by atoms with Crippen molar-refractivity contribution in [1.82, 2.24) is 4.98 Å². The van der Waals surface area contributed by atoms with E-state index in [1.165, 1.54) is 29.2 Å². The summed E-state index contributed by atoms with van der Waals surface area (Å²) in [6, 6.07) is 6.34. The molecule has 2 aromatic rings. The first-order chi connectivity index (χ1) is 8.99. The molecule has 0 saturated heterocycles. The van der Waals surface area contributed by atoms with Crippen molar-refractivity contribution >= 4 is 17.5 Å². The molecule has 4 nitrogen and oxygen atoms in total. The maximum atomic E-state index is 13.0. The van der Waals surface area contributed by atoms with E-state index < -0.39 is 17.6 Å². The molecular formula is C13H10F2N2O2. The van der Waals surface area contributed by atoms with Gasteiger partial charge in [0.15, 0.2) is 0 Å². The number of carbonyl (C=O) groups is 1. The molecule has 0 aliphatic heterocycles. The smallest absolute Gasteiger partial charge is 0.339 e. The molecule has 0 bridgehead atoms. The molecular weight excluding hydrogens is 254 g/mol. The van der Waals surface area contributed by atoms with Crippen molar-refractivity contribution < 1.29 is 18.7 Å². The highest BCUT2D eigenvalue weighted by Gasteiger charge is 2.17. The van der Waals surface area contributed by atoms with Gasteiger partial charge in [0.25, 0.3) is 0 Å². The molecule has 0 atom stereocenters. The molecule has 98 valence electrons. The molecule has 0 unspecified atom stereocenters. The van der Waals surface area contributed by atoms with Gasteiger partial charge >= 0.3 is 5.97 Å². The van der Waals surface area contributed by atoms with Gasteiger partial charge in [0.05, 0.1) is 6.20 Å². The Hall–Kier alpha value is -2.50. The van der Waals surface area contributed by atoms with Gasteiger partial charge in [0.1, 0.15) is 23.0 Å². The highest BCUT2D eigenvalue weighted by molar-refractivity contribution is 5.94. The molecule has 0 aliphatic rings. The molecule has 0 spiro atoms. The van der Waals surface area contributed by atoms with Gasteiger partial charge in [-0.2, -0.15) is 0 Å². The van der Waals surface area contributed by atoms with Gasteiger partial charge in [0.2, 0.25) is 0 Å². The van der Waals surface area contributed by atoms with Gasteiger partial charge in [-0.15, -0.1) is 0 Å². The Morgan fingerprint density at radius 1 is 1.21 bits per heavy atom. The number of anilines is 2. The highest BCUT2D eigenvalue weighted by atomic mass is 19.1. The van der Waals surface area contributed by atoms with Crippen LogP contribution < -0.4 is 4.90 Å². The summed E-state index contributed by atoms with van der Waals surface area (Å²) in [4.78, 5) is 16.3. The number of halogens is 2. The molecule has 0 amide bonds. The average Bonchev–Trinajstić information content (AvgIpc) is 2.38. The van der Waals surface area contributed by atoms with E-state index in [2.05, 4.69) is 4.98 Å². The second kappa shape index (κ2) is 5.01. The van der Waals surface area contributed by atoms with E-state index in [0.29, 0.717) is 5.69 Å². The molecule has 0 aliphatic carbocycles. The molecule has 19 heavy (non-hydrogen) atoms. The SMILES string of the molecule is CN(c1ccc(F)cc1)c1ncc(F)cc1C(=O)O. The Morgan fingerprint density at radius 2 is 1.84 bits per heavy atom. The number of hydrogen-bond donors (Lipinski definition) is 1. The first-order valence-corrected chi connectivity index (χ1v) is 5.37. The summed E-state index contributed by atoms with van der Waals surface area (Å²) >= 11 is 0. The normalized spacial score (nSPS) is 10.3. The summed E-state index contributed by atoms with van der Waals surface area (Å²) in [5.41, 5.74) is 0.287. The van der Waals surface area contributed by atoms with E-state index in [4.69, 9.17) is 5.11 Å². The van der Waals surface area contributed by atoms with Crippen LogP contribution in [0.25, 0.3) is 0 Å². The number of aromatic nitrogens is 1. The third-order valence-corrected chi connectivity index (χ3v) is 2.60. The molecule has 6 heteroatoms. The van der Waals surface area contributed by atoms with E-state index in [1.54, 1.807) is 7.05 Å². The van der Waals surface area contributed by atoms with E-state index in [0.717, 1.165) is 12.3 Å². The Kier molecular flexibility index (Phi) is 3.41. The highest BCUT2D eigenvalue weighted by Crippen LogP contribution is 2.25. The van der Waals surface area contributed by atoms with E-state index in [-0.39, 0.29) is 11.4 Å². The fourth-order valence-corrected chi connectivity index (χ4v) is 1.64. The Bertz CT molecular complexity index is 615. The van der Waals surface area contributed by atoms with Crippen molar-refractivity contribution in [3.63, 3.8) is 0 Å². The van der Waals surface area contributed by atoms with Crippen LogP contribution >= 0.6 is 0 Å². The van der Waals surface area contributed by atoms with Crippen LogP contribution in [0.3, 0.4) is 0 Å². The molecule has 1 N–H and O–H groups in total. The summed E-state index contributed by atoms with van der Waals surface area (Å²) < 4.78 is 25.9. The summed E-state index contributed by atoms with van der Waals surface area (Å²) in [5, 5.41) is 9.04. The van der Waals surface area contributed by atoms with Gasteiger partial charge in [-0.05, 0) is 30.3 Å². The van der Waals surface area contributed by atoms with Crippen molar-refractivity contribution in [1.29, 1.82) is 0 Å². The van der Waals surface area contributed by atoms with E-state index in [1.807, 2.05) is 0 Å². The first-order valence-electron chi connectivity index (χ1n) is 5.37. The van der Waals surface area contributed by atoms with Gasteiger partial charge in [-0.25, -0.2) is 18.6 Å². The zero-order valence-corrected chi connectivity index (χ0v) is 9.97. The lowest BCUT2D eigenvalue weighted by Gasteiger charge is -2.19. The standard InChI is InChI=1S/C13H10F2N2O2/c1-17(10-4-2-8(14)3-5-10)12-11(13(18)19)6-9(15)7-16-12/h2-7H,1H3,(H,18,19). The zero-order chi connectivity index (χ0) is 14.0. The van der Waals surface area contributed by atoms with Gasteiger partial charge in [-0.3, -0.25) is 0 Å². The van der Waals surface area contributed by atoms with Crippen LogP contribution in [-0.4, -0.2) is 23.1 Å². The fraction of sp³-hybridized carbons (Fsp3) is 0.0769. The van der Waals surface area contributed by atoms with Crippen LogP contribution in [0.5, 0.6) is 0 Å². The van der Waals surface area contributed by atoms with Crippen molar-refractivity contribution in [2.75, 3.05) is 11.9 Å². The molecule has 1 aromatic heterocycles. The minimum Gasteiger partial charge on any atom is -0.478 e. The van der Waals surface area contributed by atoms with Crippen LogP contribution in [0, 0.1) is 11.6 Å². The van der Waals surface area contributed by atoms with Crippen LogP contribution in [0.1, 0.15) is 10.4 Å². The van der Waals surface area contributed by atoms with Gasteiger partial charge in [0, 0.05) is 12.7 Å². The number of hydrogen-bond acceptors (Lipinski definition) is 3. The quantitative estimate of drug-likeness (QED) is 0.926. The monoisotopic (exact) mass is 264 g/mol. The molecule has 0 radical (unpaired) electrons. The third kappa shape index (κ3) is 2.67. The number of nitrogens with zero attached hydrogens (tertiary/aromatic N) is 2. The van der Waals surface area contributed by atoms with Crippen LogP contribution in [0.15, 0.2) is 36.5 Å². The zero-order valence-electron chi connectivity index (χ0n) is 9.97. The van der Waals surface area contributed by atoms with E-state index >= 15 is 0 Å². The number of carboxylic acids is 1. The largest absolute Gasteiger partial charge is 0.478 e. The van der Waals surface area contributed by atoms with Crippen LogP contribution in [-0.2, 0) is 0 Å². The number of benzene rings is 1. The summed E-state index contributed by atoms with van der Waals surface area (Å²) in [5.74, 6) is -2.33. The van der Waals surface area contributed by atoms with E-state index in [9.17, 15) is 13.6 Å². The second-order valence-electron chi connectivity index (χ2n) is 3.87. The molecule has 1 heterocycles. The fourth-order valence-electron chi connectivity index (χ4n) is 1.64. The predicted molar refractivity (Wildman–Crippen MR) is 65.6 cm³/mol. The lowest BCUT2D eigenvalue weighted by molar-refractivity contribution is 0.0696. The van der Waals surface area contributed by atoms with Gasteiger partial charge < -0.3 is 10.0 Å². The third-order valence-electron chi connectivity index (χ3n) is 2.60. The Morgan fingerprint density at radius 3 is 2.42 bits per heavy atom. The minimum absolute atomic E-state index is 0.0838. The maximum Gasteiger partial charge on any atom is 0.339 e. The molecule has 0 saturated carbocycles. The first kappa shape index (κ1) is 12.9. The predicted octanol–water partition coefficient (Wildman–Crippen LogP) is 2.83. The van der Waals surface area contributed by atoms with Crippen LogP contribution in [0.4, 0.5) is 20.3 Å². The maximum absolute atomic E-state index is 13.0. The summed E-state index contributed by atoms with van der Waals surface area (Å²) in [7, 11) is 1.57. The summed E-state index contributed by atoms with van der Waals surface area (Å²) in [6.07, 6.45) is 0.932. The number of carboxylic acid groups (broad SMARTS) is 1. The molecule has 2 rings (SSSR count). The van der Waals surface area contributed by atoms with Gasteiger partial charge in [-0.1, -0.05) is 0 Å². The minimum atomic E-state index is -1.28. The number of pyridine rings is 1. The second-order valence-corrected chi connectivity index (χ2v) is 3.87. The molecule has 0 fully saturated rings. The topological polar surface area (TPSA) is 53.4 Å². The number of rotatable bonds is 3. The number of aromatic carboxylic acids is 1.